The summed E-state index contributed by atoms with van der Waals surface area (Å²) < 4.78 is 0. The predicted molar refractivity (Wildman–Crippen MR) is 95.5 cm³/mol. The highest BCUT2D eigenvalue weighted by Gasteiger charge is 2.48. The molecule has 1 amide bonds. The Morgan fingerprint density at radius 2 is 2.00 bits per heavy atom. The zero-order chi connectivity index (χ0) is 17.1. The molecule has 1 spiro atoms. The molecule has 2 aromatic rings. The first-order valence-corrected chi connectivity index (χ1v) is 9.06. The van der Waals surface area contributed by atoms with Crippen molar-refractivity contribution in [3.8, 4) is 0 Å². The number of carbonyl (C=O) groups excluding carboxylic acids is 1. The van der Waals surface area contributed by atoms with E-state index < -0.39 is 0 Å². The summed E-state index contributed by atoms with van der Waals surface area (Å²) >= 11 is 0. The fourth-order valence-corrected chi connectivity index (χ4v) is 4.22. The minimum atomic E-state index is -0.199. The van der Waals surface area contributed by atoms with Crippen LogP contribution in [-0.2, 0) is 17.9 Å². The number of likely N-dealkylation sites (tertiary alicyclic amines) is 2. The van der Waals surface area contributed by atoms with Gasteiger partial charge in [0.2, 0.25) is 5.91 Å². The molecule has 0 N–H and O–H groups in total. The molecule has 2 aliphatic rings. The number of hydrogen-bond donors (Lipinski definition) is 0. The van der Waals surface area contributed by atoms with Crippen molar-refractivity contribution in [3.05, 3.63) is 60.2 Å². The van der Waals surface area contributed by atoms with Crippen LogP contribution in [0, 0.1) is 5.41 Å². The number of aromatic nitrogens is 2. The smallest absolute Gasteiger partial charge is 0.230 e. The number of carbonyl (C=O) groups is 1. The highest BCUT2D eigenvalue weighted by atomic mass is 16.2. The highest BCUT2D eigenvalue weighted by Crippen LogP contribution is 2.40. The third-order valence-electron chi connectivity index (χ3n) is 5.47. The molecule has 0 saturated carbocycles. The quantitative estimate of drug-likeness (QED) is 0.861. The van der Waals surface area contributed by atoms with E-state index >= 15 is 0 Å². The van der Waals surface area contributed by atoms with Gasteiger partial charge in [0.05, 0.1) is 11.1 Å². The monoisotopic (exact) mass is 336 g/mol. The van der Waals surface area contributed by atoms with E-state index in [4.69, 9.17) is 0 Å². The number of rotatable bonds is 4. The van der Waals surface area contributed by atoms with Gasteiger partial charge in [-0.15, -0.1) is 0 Å². The van der Waals surface area contributed by atoms with E-state index in [2.05, 4.69) is 20.9 Å². The number of pyridine rings is 2. The zero-order valence-electron chi connectivity index (χ0n) is 14.5. The minimum Gasteiger partial charge on any atom is -0.338 e. The highest BCUT2D eigenvalue weighted by molar-refractivity contribution is 5.85. The van der Waals surface area contributed by atoms with E-state index in [1.54, 1.807) is 6.20 Å². The van der Waals surface area contributed by atoms with Crippen molar-refractivity contribution >= 4 is 5.91 Å². The standard InChI is InChI=1S/C20H24N4O/c25-19-20(8-12-24(19)14-17-5-3-9-21-13-17)7-4-11-23(16-20)15-18-6-1-2-10-22-18/h1-3,5-6,9-10,13H,4,7-8,11-12,14-16H2. The topological polar surface area (TPSA) is 49.3 Å². The van der Waals surface area contributed by atoms with Crippen LogP contribution in [0.5, 0.6) is 0 Å². The first kappa shape index (κ1) is 16.2. The van der Waals surface area contributed by atoms with Gasteiger partial charge in [0.1, 0.15) is 0 Å². The van der Waals surface area contributed by atoms with Gasteiger partial charge < -0.3 is 4.90 Å². The molecular formula is C20H24N4O. The molecule has 2 saturated heterocycles. The van der Waals surface area contributed by atoms with Crippen LogP contribution in [0.4, 0.5) is 0 Å². The molecule has 25 heavy (non-hydrogen) atoms. The second-order valence-corrected chi connectivity index (χ2v) is 7.25. The van der Waals surface area contributed by atoms with E-state index in [9.17, 15) is 4.79 Å². The summed E-state index contributed by atoms with van der Waals surface area (Å²) in [7, 11) is 0. The van der Waals surface area contributed by atoms with Crippen molar-refractivity contribution < 1.29 is 4.79 Å². The molecule has 2 aromatic heterocycles. The van der Waals surface area contributed by atoms with Crippen molar-refractivity contribution in [2.24, 2.45) is 5.41 Å². The van der Waals surface area contributed by atoms with E-state index in [0.717, 1.165) is 56.7 Å². The molecule has 5 nitrogen and oxygen atoms in total. The maximum Gasteiger partial charge on any atom is 0.230 e. The van der Waals surface area contributed by atoms with Crippen molar-refractivity contribution in [2.45, 2.75) is 32.4 Å². The normalized spacial score (nSPS) is 24.2. The van der Waals surface area contributed by atoms with Gasteiger partial charge >= 0.3 is 0 Å². The summed E-state index contributed by atoms with van der Waals surface area (Å²) in [5, 5.41) is 0. The molecule has 2 fully saturated rings. The fraction of sp³-hybridized carbons (Fsp3) is 0.450. The lowest BCUT2D eigenvalue weighted by molar-refractivity contribution is -0.139. The van der Waals surface area contributed by atoms with Crippen molar-refractivity contribution in [2.75, 3.05) is 19.6 Å². The third kappa shape index (κ3) is 3.42. The van der Waals surface area contributed by atoms with Crippen LogP contribution in [0.15, 0.2) is 48.9 Å². The summed E-state index contributed by atoms with van der Waals surface area (Å²) in [5.74, 6) is 0.321. The Morgan fingerprint density at radius 3 is 2.80 bits per heavy atom. The van der Waals surface area contributed by atoms with E-state index in [1.807, 2.05) is 41.6 Å². The second kappa shape index (κ2) is 6.92. The Bertz CT molecular complexity index is 721. The molecule has 130 valence electrons. The molecule has 1 atom stereocenters. The third-order valence-corrected chi connectivity index (χ3v) is 5.47. The second-order valence-electron chi connectivity index (χ2n) is 7.25. The summed E-state index contributed by atoms with van der Waals surface area (Å²) in [6.07, 6.45) is 8.52. The zero-order valence-corrected chi connectivity index (χ0v) is 14.5. The Hall–Kier alpha value is -2.27. The fourth-order valence-electron chi connectivity index (χ4n) is 4.22. The van der Waals surface area contributed by atoms with Crippen LogP contribution in [0.25, 0.3) is 0 Å². The SMILES string of the molecule is O=C1N(Cc2cccnc2)CCC12CCCN(Cc1ccccn1)C2. The van der Waals surface area contributed by atoms with Gasteiger partial charge in [0, 0.05) is 44.8 Å². The van der Waals surface area contributed by atoms with E-state index in [0.29, 0.717) is 12.5 Å². The number of piperidine rings is 1. The lowest BCUT2D eigenvalue weighted by Crippen LogP contribution is -2.47. The molecule has 1 unspecified atom stereocenters. The van der Waals surface area contributed by atoms with Gasteiger partial charge in [-0.1, -0.05) is 12.1 Å². The van der Waals surface area contributed by atoms with Crippen LogP contribution in [0.3, 0.4) is 0 Å². The van der Waals surface area contributed by atoms with Gasteiger partial charge in [-0.2, -0.15) is 0 Å². The minimum absolute atomic E-state index is 0.199. The first-order valence-electron chi connectivity index (χ1n) is 9.06. The van der Waals surface area contributed by atoms with Gasteiger partial charge in [0.25, 0.3) is 0 Å². The van der Waals surface area contributed by atoms with Gasteiger partial charge in [-0.05, 0) is 49.6 Å². The first-order chi connectivity index (χ1) is 12.3. The lowest BCUT2D eigenvalue weighted by Gasteiger charge is -2.39. The Kier molecular flexibility index (Phi) is 4.49. The number of hydrogen-bond acceptors (Lipinski definition) is 4. The molecule has 2 aliphatic heterocycles. The molecule has 0 aromatic carbocycles. The largest absolute Gasteiger partial charge is 0.338 e. The Balaban J connectivity index is 1.43. The summed E-state index contributed by atoms with van der Waals surface area (Å²) in [6.45, 7) is 4.26. The van der Waals surface area contributed by atoms with Crippen molar-refractivity contribution in [1.82, 2.24) is 19.8 Å². The maximum absolute atomic E-state index is 13.1. The average molecular weight is 336 g/mol. The summed E-state index contributed by atoms with van der Waals surface area (Å²) in [5.41, 5.74) is 1.99. The molecule has 0 bridgehead atoms. The van der Waals surface area contributed by atoms with Crippen LogP contribution in [0.1, 0.15) is 30.5 Å². The van der Waals surface area contributed by atoms with Crippen LogP contribution < -0.4 is 0 Å². The van der Waals surface area contributed by atoms with Gasteiger partial charge in [0.15, 0.2) is 0 Å². The lowest BCUT2D eigenvalue weighted by atomic mass is 9.78. The van der Waals surface area contributed by atoms with Gasteiger partial charge in [-0.3, -0.25) is 19.7 Å². The van der Waals surface area contributed by atoms with E-state index in [1.165, 1.54) is 0 Å². The number of nitrogens with zero attached hydrogens (tertiary/aromatic N) is 4. The van der Waals surface area contributed by atoms with Crippen LogP contribution in [0.2, 0.25) is 0 Å². The van der Waals surface area contributed by atoms with Crippen LogP contribution in [-0.4, -0.2) is 45.3 Å². The predicted octanol–water partition coefficient (Wildman–Crippen LogP) is 2.49. The Labute approximate surface area is 148 Å². The average Bonchev–Trinajstić information content (AvgIpc) is 2.93. The molecule has 4 heterocycles. The van der Waals surface area contributed by atoms with Crippen molar-refractivity contribution in [3.63, 3.8) is 0 Å². The summed E-state index contributed by atoms with van der Waals surface area (Å²) in [4.78, 5) is 26.2. The number of amides is 1. The summed E-state index contributed by atoms with van der Waals surface area (Å²) in [6, 6.07) is 10.0. The molecule has 0 aliphatic carbocycles. The van der Waals surface area contributed by atoms with E-state index in [-0.39, 0.29) is 5.41 Å². The maximum atomic E-state index is 13.1. The molecule has 4 rings (SSSR count). The Morgan fingerprint density at radius 1 is 1.04 bits per heavy atom. The van der Waals surface area contributed by atoms with Crippen LogP contribution >= 0.6 is 0 Å². The molecular weight excluding hydrogens is 312 g/mol. The van der Waals surface area contributed by atoms with Gasteiger partial charge in [-0.25, -0.2) is 0 Å². The van der Waals surface area contributed by atoms with Crippen molar-refractivity contribution in [1.29, 1.82) is 0 Å². The molecule has 5 heteroatoms. The molecule has 0 radical (unpaired) electrons.